The molecule has 0 fully saturated rings. The van der Waals surface area contributed by atoms with Crippen LogP contribution in [0.4, 0.5) is 0 Å². The first-order valence-electron chi connectivity index (χ1n) is 9.01. The highest BCUT2D eigenvalue weighted by Gasteiger charge is 1.99. The maximum Gasteiger partial charge on any atom is 0.304 e. The molecule has 0 aliphatic heterocycles. The number of hydrogen-bond acceptors (Lipinski definition) is 3. The summed E-state index contributed by atoms with van der Waals surface area (Å²) >= 11 is 0. The van der Waals surface area contributed by atoms with E-state index in [4.69, 9.17) is 9.84 Å². The highest BCUT2D eigenvalue weighted by molar-refractivity contribution is 5.85. The van der Waals surface area contributed by atoms with E-state index in [-0.39, 0.29) is 18.8 Å². The third kappa shape index (κ3) is 9.27. The maximum atomic E-state index is 10.4. The summed E-state index contributed by atoms with van der Waals surface area (Å²) < 4.78 is 5.81. The summed E-state index contributed by atoms with van der Waals surface area (Å²) in [6, 6.07) is 18.5. The Balaban J connectivity index is 0.00000364. The Hall–Kier alpha value is -2.30. The summed E-state index contributed by atoms with van der Waals surface area (Å²) in [5, 5.41) is 11.7. The van der Waals surface area contributed by atoms with E-state index in [0.717, 1.165) is 29.7 Å². The molecule has 2 aromatic carbocycles. The Bertz CT molecular complexity index is 699. The Kier molecular flexibility index (Phi) is 10.9. The molecular weight excluding hydrogens is 362 g/mol. The second-order valence-corrected chi connectivity index (χ2v) is 6.20. The number of ether oxygens (including phenoxy) is 1. The van der Waals surface area contributed by atoms with Gasteiger partial charge in [-0.1, -0.05) is 48.5 Å². The van der Waals surface area contributed by atoms with Crippen LogP contribution < -0.4 is 10.1 Å². The number of aliphatic carboxylic acids is 1. The fourth-order valence-electron chi connectivity index (χ4n) is 2.57. The number of hydrogen-bond donors (Lipinski definition) is 2. The zero-order chi connectivity index (χ0) is 18.6. The van der Waals surface area contributed by atoms with Crippen LogP contribution in [0.5, 0.6) is 5.75 Å². The smallest absolute Gasteiger partial charge is 0.304 e. The van der Waals surface area contributed by atoms with E-state index in [1.165, 1.54) is 5.56 Å². The van der Waals surface area contributed by atoms with Gasteiger partial charge in [0.25, 0.3) is 0 Å². The molecule has 0 unspecified atom stereocenters. The number of carboxylic acids is 1. The van der Waals surface area contributed by atoms with Crippen molar-refractivity contribution in [3.05, 3.63) is 71.8 Å². The SMILES string of the molecule is CC(=CCNCCC(=O)O)c1ccc(OCCCc2ccccc2)cc1.Cl. The van der Waals surface area contributed by atoms with E-state index < -0.39 is 5.97 Å². The second-order valence-electron chi connectivity index (χ2n) is 6.20. The summed E-state index contributed by atoms with van der Waals surface area (Å²) in [5.41, 5.74) is 3.63. The van der Waals surface area contributed by atoms with Crippen molar-refractivity contribution >= 4 is 23.9 Å². The van der Waals surface area contributed by atoms with Crippen molar-refractivity contribution < 1.29 is 14.6 Å². The van der Waals surface area contributed by atoms with Gasteiger partial charge in [-0.3, -0.25) is 4.79 Å². The molecule has 2 aromatic rings. The fraction of sp³-hybridized carbons (Fsp3) is 0.318. The number of carboxylic acid groups (broad SMARTS) is 1. The van der Waals surface area contributed by atoms with Gasteiger partial charge in [0.1, 0.15) is 5.75 Å². The summed E-state index contributed by atoms with van der Waals surface area (Å²) in [4.78, 5) is 10.4. The van der Waals surface area contributed by atoms with E-state index in [1.807, 2.05) is 18.2 Å². The number of benzene rings is 2. The number of rotatable bonds is 11. The van der Waals surface area contributed by atoms with Crippen molar-refractivity contribution in [3.8, 4) is 5.75 Å². The zero-order valence-corrected chi connectivity index (χ0v) is 16.5. The first-order chi connectivity index (χ1) is 12.6. The van der Waals surface area contributed by atoms with Gasteiger partial charge >= 0.3 is 5.97 Å². The number of allylic oxidation sites excluding steroid dienone is 1. The lowest BCUT2D eigenvalue weighted by Gasteiger charge is -2.08. The van der Waals surface area contributed by atoms with E-state index in [1.54, 1.807) is 0 Å². The van der Waals surface area contributed by atoms with Crippen LogP contribution in [-0.4, -0.2) is 30.8 Å². The molecule has 0 saturated carbocycles. The Morgan fingerprint density at radius 3 is 2.48 bits per heavy atom. The lowest BCUT2D eigenvalue weighted by Crippen LogP contribution is -2.18. The van der Waals surface area contributed by atoms with Gasteiger partial charge in [0.2, 0.25) is 0 Å². The molecule has 0 aromatic heterocycles. The van der Waals surface area contributed by atoms with Crippen LogP contribution in [0, 0.1) is 0 Å². The fourth-order valence-corrected chi connectivity index (χ4v) is 2.57. The molecular formula is C22H28ClNO3. The first-order valence-corrected chi connectivity index (χ1v) is 9.01. The standard InChI is InChI=1S/C22H27NO3.ClH/c1-18(13-15-23-16-14-22(24)25)20-9-11-21(12-10-20)26-17-5-8-19-6-3-2-4-7-19;/h2-4,6-7,9-13,23H,5,8,14-17H2,1H3,(H,24,25);1H. The van der Waals surface area contributed by atoms with E-state index in [0.29, 0.717) is 19.7 Å². The maximum absolute atomic E-state index is 10.4. The molecule has 0 bridgehead atoms. The second kappa shape index (κ2) is 13.0. The molecule has 0 aliphatic carbocycles. The van der Waals surface area contributed by atoms with Crippen molar-refractivity contribution in [2.75, 3.05) is 19.7 Å². The molecule has 146 valence electrons. The summed E-state index contributed by atoms with van der Waals surface area (Å²) in [6.45, 7) is 3.90. The quantitative estimate of drug-likeness (QED) is 0.552. The molecule has 0 radical (unpaired) electrons. The summed E-state index contributed by atoms with van der Waals surface area (Å²) in [5.74, 6) is 0.103. The molecule has 0 spiro atoms. The van der Waals surface area contributed by atoms with E-state index in [2.05, 4.69) is 54.7 Å². The van der Waals surface area contributed by atoms with Crippen molar-refractivity contribution in [3.63, 3.8) is 0 Å². The van der Waals surface area contributed by atoms with Crippen molar-refractivity contribution in [1.82, 2.24) is 5.32 Å². The van der Waals surface area contributed by atoms with Gasteiger partial charge in [-0.05, 0) is 48.6 Å². The van der Waals surface area contributed by atoms with Crippen LogP contribution >= 0.6 is 12.4 Å². The highest BCUT2D eigenvalue weighted by Crippen LogP contribution is 2.18. The van der Waals surface area contributed by atoms with Gasteiger partial charge in [-0.15, -0.1) is 12.4 Å². The lowest BCUT2D eigenvalue weighted by atomic mass is 10.1. The van der Waals surface area contributed by atoms with Gasteiger partial charge in [0, 0.05) is 13.1 Å². The largest absolute Gasteiger partial charge is 0.494 e. The molecule has 2 N–H and O–H groups in total. The van der Waals surface area contributed by atoms with Crippen LogP contribution in [0.2, 0.25) is 0 Å². The minimum Gasteiger partial charge on any atom is -0.494 e. The Morgan fingerprint density at radius 1 is 1.11 bits per heavy atom. The topological polar surface area (TPSA) is 58.6 Å². The first kappa shape index (κ1) is 22.7. The van der Waals surface area contributed by atoms with Crippen LogP contribution in [0.3, 0.4) is 0 Å². The third-order valence-electron chi connectivity index (χ3n) is 4.10. The molecule has 0 heterocycles. The third-order valence-corrected chi connectivity index (χ3v) is 4.10. The number of aryl methyl sites for hydroxylation is 1. The van der Waals surface area contributed by atoms with E-state index in [9.17, 15) is 4.79 Å². The van der Waals surface area contributed by atoms with Gasteiger partial charge in [-0.25, -0.2) is 0 Å². The van der Waals surface area contributed by atoms with Crippen molar-refractivity contribution in [2.45, 2.75) is 26.2 Å². The predicted molar refractivity (Wildman–Crippen MR) is 113 cm³/mol. The average molecular weight is 390 g/mol. The molecule has 2 rings (SSSR count). The molecule has 0 atom stereocenters. The minimum atomic E-state index is -0.780. The molecule has 4 nitrogen and oxygen atoms in total. The predicted octanol–water partition coefficient (Wildman–Crippen LogP) is 4.59. The average Bonchev–Trinajstić information content (AvgIpc) is 2.66. The van der Waals surface area contributed by atoms with Crippen LogP contribution in [0.1, 0.15) is 30.9 Å². The molecule has 0 saturated heterocycles. The van der Waals surface area contributed by atoms with Crippen LogP contribution in [0.25, 0.3) is 5.57 Å². The minimum absolute atomic E-state index is 0. The molecule has 0 amide bonds. The molecule has 0 aliphatic rings. The van der Waals surface area contributed by atoms with Gasteiger partial charge < -0.3 is 15.2 Å². The van der Waals surface area contributed by atoms with Gasteiger partial charge in [0.15, 0.2) is 0 Å². The number of halogens is 1. The lowest BCUT2D eigenvalue weighted by molar-refractivity contribution is -0.136. The van der Waals surface area contributed by atoms with Crippen molar-refractivity contribution in [1.29, 1.82) is 0 Å². The molecule has 27 heavy (non-hydrogen) atoms. The summed E-state index contributed by atoms with van der Waals surface area (Å²) in [7, 11) is 0. The van der Waals surface area contributed by atoms with E-state index >= 15 is 0 Å². The zero-order valence-electron chi connectivity index (χ0n) is 15.7. The molecule has 5 heteroatoms. The van der Waals surface area contributed by atoms with Crippen LogP contribution in [-0.2, 0) is 11.2 Å². The number of carbonyl (C=O) groups is 1. The van der Waals surface area contributed by atoms with Gasteiger partial charge in [0.05, 0.1) is 13.0 Å². The van der Waals surface area contributed by atoms with Gasteiger partial charge in [-0.2, -0.15) is 0 Å². The van der Waals surface area contributed by atoms with Crippen LogP contribution in [0.15, 0.2) is 60.7 Å². The number of nitrogens with one attached hydrogen (secondary N) is 1. The van der Waals surface area contributed by atoms with Crippen molar-refractivity contribution in [2.24, 2.45) is 0 Å². The Morgan fingerprint density at radius 2 is 1.81 bits per heavy atom. The Labute approximate surface area is 167 Å². The monoisotopic (exact) mass is 389 g/mol. The summed E-state index contributed by atoms with van der Waals surface area (Å²) in [6.07, 6.45) is 4.23. The normalized spacial score (nSPS) is 10.9. The highest BCUT2D eigenvalue weighted by atomic mass is 35.5.